The summed E-state index contributed by atoms with van der Waals surface area (Å²) < 4.78 is 6.53. The van der Waals surface area contributed by atoms with Gasteiger partial charge >= 0.3 is 0 Å². The van der Waals surface area contributed by atoms with Crippen LogP contribution in [-0.4, -0.2) is 17.9 Å². The number of ether oxygens (including phenoxy) is 1. The highest BCUT2D eigenvalue weighted by molar-refractivity contribution is 9.10. The number of para-hydroxylation sites is 1. The fourth-order valence-electron chi connectivity index (χ4n) is 2.89. The number of rotatable bonds is 7. The van der Waals surface area contributed by atoms with Crippen LogP contribution in [0.5, 0.6) is 5.75 Å². The summed E-state index contributed by atoms with van der Waals surface area (Å²) in [5, 5.41) is 5.74. The van der Waals surface area contributed by atoms with Crippen LogP contribution in [0.25, 0.3) is 0 Å². The van der Waals surface area contributed by atoms with E-state index in [1.54, 1.807) is 36.4 Å². The molecule has 0 aromatic heterocycles. The quantitative estimate of drug-likeness (QED) is 0.488. The molecule has 0 bridgehead atoms. The van der Waals surface area contributed by atoms with Gasteiger partial charge in [0.15, 0.2) is 0 Å². The van der Waals surface area contributed by atoms with Gasteiger partial charge in [-0.05, 0) is 49.7 Å². The summed E-state index contributed by atoms with van der Waals surface area (Å²) in [6.45, 7) is 4.20. The van der Waals surface area contributed by atoms with Gasteiger partial charge in [-0.3, -0.25) is 9.59 Å². The third kappa shape index (κ3) is 5.70. The Labute approximate surface area is 184 Å². The second kappa shape index (κ2) is 10.1. The molecule has 6 heteroatoms. The number of carbonyl (C=O) groups excluding carboxylic acids is 2. The molecule has 3 rings (SSSR count). The van der Waals surface area contributed by atoms with Gasteiger partial charge in [0.05, 0.1) is 22.9 Å². The standard InChI is InChI=1S/C24H23BrN2O3/c1-16(2)30-22-13-12-18(25)14-20(22)24(29)27-21-11-7-6-10-19(21)23(28)26-15-17-8-4-3-5-9-17/h3-14,16H,15H2,1-2H3,(H,26,28)(H,27,29). The Bertz CT molecular complexity index is 1040. The Morgan fingerprint density at radius 3 is 2.33 bits per heavy atom. The monoisotopic (exact) mass is 466 g/mol. The van der Waals surface area contributed by atoms with Crippen molar-refractivity contribution in [2.75, 3.05) is 5.32 Å². The van der Waals surface area contributed by atoms with E-state index < -0.39 is 0 Å². The van der Waals surface area contributed by atoms with Gasteiger partial charge in [-0.15, -0.1) is 0 Å². The van der Waals surface area contributed by atoms with Crippen LogP contribution >= 0.6 is 15.9 Å². The van der Waals surface area contributed by atoms with Crippen molar-refractivity contribution in [3.63, 3.8) is 0 Å². The maximum atomic E-state index is 13.0. The normalized spacial score (nSPS) is 10.5. The zero-order valence-electron chi connectivity index (χ0n) is 16.8. The molecule has 5 nitrogen and oxygen atoms in total. The highest BCUT2D eigenvalue weighted by Crippen LogP contribution is 2.26. The minimum absolute atomic E-state index is 0.0752. The van der Waals surface area contributed by atoms with E-state index >= 15 is 0 Å². The first-order valence-corrected chi connectivity index (χ1v) is 10.4. The molecule has 0 radical (unpaired) electrons. The van der Waals surface area contributed by atoms with Gasteiger partial charge in [-0.2, -0.15) is 0 Å². The van der Waals surface area contributed by atoms with Gasteiger partial charge in [0, 0.05) is 11.0 Å². The lowest BCUT2D eigenvalue weighted by Gasteiger charge is -2.16. The molecule has 0 saturated carbocycles. The number of benzene rings is 3. The Hall–Kier alpha value is -3.12. The summed E-state index contributed by atoms with van der Waals surface area (Å²) >= 11 is 3.40. The smallest absolute Gasteiger partial charge is 0.259 e. The van der Waals surface area contributed by atoms with E-state index in [1.807, 2.05) is 50.2 Å². The van der Waals surface area contributed by atoms with Gasteiger partial charge in [-0.25, -0.2) is 0 Å². The topological polar surface area (TPSA) is 67.4 Å². The van der Waals surface area contributed by atoms with Crippen molar-refractivity contribution in [3.8, 4) is 5.75 Å². The van der Waals surface area contributed by atoms with Crippen molar-refractivity contribution >= 4 is 33.4 Å². The van der Waals surface area contributed by atoms with E-state index in [9.17, 15) is 9.59 Å². The molecule has 0 saturated heterocycles. The molecule has 0 spiro atoms. The molecule has 0 aliphatic carbocycles. The molecule has 0 unspecified atom stereocenters. The predicted molar refractivity (Wildman–Crippen MR) is 122 cm³/mol. The van der Waals surface area contributed by atoms with Gasteiger partial charge in [-0.1, -0.05) is 58.4 Å². The number of halogens is 1. The highest BCUT2D eigenvalue weighted by Gasteiger charge is 2.18. The number of anilines is 1. The molecule has 0 aliphatic rings. The lowest BCUT2D eigenvalue weighted by atomic mass is 10.1. The third-order valence-electron chi connectivity index (χ3n) is 4.26. The van der Waals surface area contributed by atoms with Crippen molar-refractivity contribution in [3.05, 3.63) is 94.0 Å². The lowest BCUT2D eigenvalue weighted by molar-refractivity contribution is 0.0952. The summed E-state index contributed by atoms with van der Waals surface area (Å²) in [4.78, 5) is 25.7. The Balaban J connectivity index is 1.78. The number of hydrogen-bond donors (Lipinski definition) is 2. The molecule has 154 valence electrons. The first-order chi connectivity index (χ1) is 14.4. The zero-order chi connectivity index (χ0) is 21.5. The number of carbonyl (C=O) groups is 2. The molecule has 30 heavy (non-hydrogen) atoms. The number of hydrogen-bond acceptors (Lipinski definition) is 3. The van der Waals surface area contributed by atoms with E-state index in [0.29, 0.717) is 29.1 Å². The second-order valence-electron chi connectivity index (χ2n) is 6.98. The first-order valence-electron chi connectivity index (χ1n) is 9.62. The van der Waals surface area contributed by atoms with Crippen LogP contribution in [0.4, 0.5) is 5.69 Å². The van der Waals surface area contributed by atoms with Crippen molar-refractivity contribution in [2.45, 2.75) is 26.5 Å². The molecule has 0 fully saturated rings. The summed E-state index contributed by atoms with van der Waals surface area (Å²) in [6, 6.07) is 21.8. The first kappa shape index (κ1) is 21.6. The van der Waals surface area contributed by atoms with Crippen molar-refractivity contribution in [2.24, 2.45) is 0 Å². The average Bonchev–Trinajstić information content (AvgIpc) is 2.74. The molecule has 2 N–H and O–H groups in total. The van der Waals surface area contributed by atoms with E-state index in [-0.39, 0.29) is 17.9 Å². The maximum absolute atomic E-state index is 13.0. The molecule has 0 heterocycles. The maximum Gasteiger partial charge on any atom is 0.259 e. The number of amides is 2. The Morgan fingerprint density at radius 1 is 0.900 bits per heavy atom. The Kier molecular flexibility index (Phi) is 7.25. The molecule has 0 aliphatic heterocycles. The molecule has 3 aromatic rings. The molecule has 3 aromatic carbocycles. The average molecular weight is 467 g/mol. The van der Waals surface area contributed by atoms with E-state index in [1.165, 1.54) is 0 Å². The molecular weight excluding hydrogens is 444 g/mol. The second-order valence-corrected chi connectivity index (χ2v) is 7.89. The fourth-order valence-corrected chi connectivity index (χ4v) is 3.25. The van der Waals surface area contributed by atoms with Crippen LogP contribution in [0, 0.1) is 0 Å². The van der Waals surface area contributed by atoms with Crippen LogP contribution < -0.4 is 15.4 Å². The minimum Gasteiger partial charge on any atom is -0.490 e. The largest absolute Gasteiger partial charge is 0.490 e. The molecular formula is C24H23BrN2O3. The van der Waals surface area contributed by atoms with E-state index in [4.69, 9.17) is 4.74 Å². The SMILES string of the molecule is CC(C)Oc1ccc(Br)cc1C(=O)Nc1ccccc1C(=O)NCc1ccccc1. The van der Waals surface area contributed by atoms with Gasteiger partial charge in [0.2, 0.25) is 0 Å². The summed E-state index contributed by atoms with van der Waals surface area (Å²) in [7, 11) is 0. The van der Waals surface area contributed by atoms with Crippen LogP contribution in [0.3, 0.4) is 0 Å². The Morgan fingerprint density at radius 2 is 1.60 bits per heavy atom. The fraction of sp³-hybridized carbons (Fsp3) is 0.167. The van der Waals surface area contributed by atoms with Crippen LogP contribution in [-0.2, 0) is 6.54 Å². The predicted octanol–water partition coefficient (Wildman–Crippen LogP) is 5.42. The van der Waals surface area contributed by atoms with Crippen molar-refractivity contribution in [1.29, 1.82) is 0 Å². The molecule has 2 amide bonds. The molecule has 0 atom stereocenters. The summed E-state index contributed by atoms with van der Waals surface area (Å²) in [6.07, 6.45) is -0.0752. The van der Waals surface area contributed by atoms with Gasteiger partial charge in [0.25, 0.3) is 11.8 Å². The van der Waals surface area contributed by atoms with Crippen LogP contribution in [0.15, 0.2) is 77.3 Å². The van der Waals surface area contributed by atoms with Gasteiger partial charge in [0.1, 0.15) is 5.75 Å². The van der Waals surface area contributed by atoms with Gasteiger partial charge < -0.3 is 15.4 Å². The third-order valence-corrected chi connectivity index (χ3v) is 4.76. The number of nitrogens with one attached hydrogen (secondary N) is 2. The van der Waals surface area contributed by atoms with Crippen molar-refractivity contribution in [1.82, 2.24) is 5.32 Å². The van der Waals surface area contributed by atoms with E-state index in [2.05, 4.69) is 26.6 Å². The highest BCUT2D eigenvalue weighted by atomic mass is 79.9. The lowest BCUT2D eigenvalue weighted by Crippen LogP contribution is -2.25. The van der Waals surface area contributed by atoms with Crippen LogP contribution in [0.1, 0.15) is 40.1 Å². The summed E-state index contributed by atoms with van der Waals surface area (Å²) in [5.41, 5.74) is 2.21. The van der Waals surface area contributed by atoms with E-state index in [0.717, 1.165) is 10.0 Å². The minimum atomic E-state index is -0.352. The van der Waals surface area contributed by atoms with Crippen molar-refractivity contribution < 1.29 is 14.3 Å². The summed E-state index contributed by atoms with van der Waals surface area (Å²) in [5.74, 6) is -0.130. The van der Waals surface area contributed by atoms with Crippen LogP contribution in [0.2, 0.25) is 0 Å². The zero-order valence-corrected chi connectivity index (χ0v) is 18.4.